The molecule has 8 nitrogen and oxygen atoms in total. The lowest BCUT2D eigenvalue weighted by Crippen LogP contribution is -2.50. The standard InChI is InChI=1S/C27H29N5O3/c33-24-17-21(18-32(24)23-7-2-1-3-8-23)27(34)31-15-13-30(14-16-31)22-11-9-19(10-12-22)25-28-26(35-29-25)20-5-4-6-20/h1-3,7-12,20-21H,4-6,13-18H2/t21-/m1/s1. The summed E-state index contributed by atoms with van der Waals surface area (Å²) in [6, 6.07) is 17.8. The van der Waals surface area contributed by atoms with Gasteiger partial charge in [-0.25, -0.2) is 0 Å². The average molecular weight is 472 g/mol. The summed E-state index contributed by atoms with van der Waals surface area (Å²) in [7, 11) is 0. The van der Waals surface area contributed by atoms with Gasteiger partial charge in [-0.2, -0.15) is 4.98 Å². The van der Waals surface area contributed by atoms with Crippen LogP contribution in [0.15, 0.2) is 59.1 Å². The molecule has 8 heteroatoms. The zero-order valence-electron chi connectivity index (χ0n) is 19.7. The number of carbonyl (C=O) groups is 2. The normalized spacial score (nSPS) is 20.9. The topological polar surface area (TPSA) is 82.8 Å². The minimum atomic E-state index is -0.270. The van der Waals surface area contributed by atoms with Gasteiger partial charge in [-0.15, -0.1) is 0 Å². The number of rotatable bonds is 5. The smallest absolute Gasteiger partial charge is 0.230 e. The van der Waals surface area contributed by atoms with Gasteiger partial charge in [0.2, 0.25) is 23.5 Å². The lowest BCUT2D eigenvalue weighted by molar-refractivity contribution is -0.136. The van der Waals surface area contributed by atoms with Crippen molar-refractivity contribution in [2.24, 2.45) is 5.92 Å². The molecule has 6 rings (SSSR count). The highest BCUT2D eigenvalue weighted by atomic mass is 16.5. The predicted octanol–water partition coefficient (Wildman–Crippen LogP) is 3.71. The Kier molecular flexibility index (Phi) is 5.72. The molecule has 0 N–H and O–H groups in total. The number of anilines is 2. The monoisotopic (exact) mass is 471 g/mol. The van der Waals surface area contributed by atoms with E-state index in [-0.39, 0.29) is 24.2 Å². The molecule has 2 aliphatic heterocycles. The van der Waals surface area contributed by atoms with Crippen molar-refractivity contribution in [3.63, 3.8) is 0 Å². The Balaban J connectivity index is 1.04. The van der Waals surface area contributed by atoms with Gasteiger partial charge in [0.25, 0.3) is 0 Å². The number of aromatic nitrogens is 2. The van der Waals surface area contributed by atoms with Crippen molar-refractivity contribution >= 4 is 23.2 Å². The van der Waals surface area contributed by atoms with E-state index in [1.807, 2.05) is 47.4 Å². The fourth-order valence-corrected chi connectivity index (χ4v) is 5.17. The van der Waals surface area contributed by atoms with Crippen LogP contribution in [0, 0.1) is 5.92 Å². The van der Waals surface area contributed by atoms with E-state index in [1.54, 1.807) is 4.90 Å². The number of para-hydroxylation sites is 1. The Morgan fingerprint density at radius 3 is 2.34 bits per heavy atom. The first-order valence-electron chi connectivity index (χ1n) is 12.5. The van der Waals surface area contributed by atoms with Crippen LogP contribution in [0.1, 0.15) is 37.5 Å². The molecule has 2 aromatic carbocycles. The average Bonchev–Trinajstić information content (AvgIpc) is 3.50. The maximum Gasteiger partial charge on any atom is 0.230 e. The summed E-state index contributed by atoms with van der Waals surface area (Å²) in [4.78, 5) is 36.2. The van der Waals surface area contributed by atoms with Gasteiger partial charge < -0.3 is 19.2 Å². The van der Waals surface area contributed by atoms with Gasteiger partial charge in [-0.05, 0) is 49.2 Å². The molecule has 3 fully saturated rings. The predicted molar refractivity (Wildman–Crippen MR) is 132 cm³/mol. The number of hydrogen-bond donors (Lipinski definition) is 0. The Hall–Kier alpha value is -3.68. The first-order valence-corrected chi connectivity index (χ1v) is 12.5. The second-order valence-electron chi connectivity index (χ2n) is 9.68. The Bertz CT molecular complexity index is 1200. The molecule has 1 aliphatic carbocycles. The molecule has 3 aromatic rings. The number of hydrogen-bond acceptors (Lipinski definition) is 6. The Morgan fingerprint density at radius 1 is 0.914 bits per heavy atom. The highest BCUT2D eigenvalue weighted by molar-refractivity contribution is 6.00. The molecule has 0 unspecified atom stereocenters. The first kappa shape index (κ1) is 21.8. The molecule has 1 atom stereocenters. The van der Waals surface area contributed by atoms with Crippen molar-refractivity contribution in [2.75, 3.05) is 42.5 Å². The van der Waals surface area contributed by atoms with E-state index >= 15 is 0 Å². The second-order valence-corrected chi connectivity index (χ2v) is 9.68. The van der Waals surface area contributed by atoms with Crippen LogP contribution < -0.4 is 9.80 Å². The molecular weight excluding hydrogens is 442 g/mol. The molecule has 0 bridgehead atoms. The highest BCUT2D eigenvalue weighted by Crippen LogP contribution is 2.36. The van der Waals surface area contributed by atoms with Crippen LogP contribution >= 0.6 is 0 Å². The number of amides is 2. The van der Waals surface area contributed by atoms with E-state index in [0.717, 1.165) is 48.8 Å². The molecule has 2 saturated heterocycles. The summed E-state index contributed by atoms with van der Waals surface area (Å²) in [6.07, 6.45) is 3.80. The van der Waals surface area contributed by atoms with E-state index in [4.69, 9.17) is 4.52 Å². The molecule has 1 saturated carbocycles. The molecule has 3 heterocycles. The van der Waals surface area contributed by atoms with E-state index < -0.39 is 0 Å². The van der Waals surface area contributed by atoms with E-state index in [9.17, 15) is 9.59 Å². The third-order valence-corrected chi connectivity index (χ3v) is 7.52. The molecule has 180 valence electrons. The fraction of sp³-hybridized carbons (Fsp3) is 0.407. The minimum absolute atomic E-state index is 0.0229. The van der Waals surface area contributed by atoms with Crippen LogP contribution in [0.2, 0.25) is 0 Å². The zero-order chi connectivity index (χ0) is 23.8. The van der Waals surface area contributed by atoms with Crippen LogP contribution in [0.3, 0.4) is 0 Å². The van der Waals surface area contributed by atoms with Crippen LogP contribution in [-0.2, 0) is 9.59 Å². The largest absolute Gasteiger partial charge is 0.368 e. The SMILES string of the molecule is O=C([C@@H]1CC(=O)N(c2ccccc2)C1)N1CCN(c2ccc(-c3noc(C4CCC4)n3)cc2)CC1. The van der Waals surface area contributed by atoms with Gasteiger partial charge in [0.05, 0.1) is 5.92 Å². The van der Waals surface area contributed by atoms with Gasteiger partial charge in [0, 0.05) is 62.0 Å². The highest BCUT2D eigenvalue weighted by Gasteiger charge is 2.38. The van der Waals surface area contributed by atoms with E-state index in [2.05, 4.69) is 27.2 Å². The fourth-order valence-electron chi connectivity index (χ4n) is 5.17. The summed E-state index contributed by atoms with van der Waals surface area (Å²) < 4.78 is 5.45. The maximum absolute atomic E-state index is 13.1. The molecule has 1 aromatic heterocycles. The summed E-state index contributed by atoms with van der Waals surface area (Å²) in [5.74, 6) is 1.67. The number of benzene rings is 2. The molecule has 2 amide bonds. The molecule has 0 radical (unpaired) electrons. The van der Waals surface area contributed by atoms with Gasteiger partial charge in [-0.1, -0.05) is 29.8 Å². The lowest BCUT2D eigenvalue weighted by Gasteiger charge is -2.37. The van der Waals surface area contributed by atoms with Crippen molar-refractivity contribution in [1.29, 1.82) is 0 Å². The zero-order valence-corrected chi connectivity index (χ0v) is 19.7. The van der Waals surface area contributed by atoms with E-state index in [0.29, 0.717) is 31.4 Å². The van der Waals surface area contributed by atoms with Gasteiger partial charge >= 0.3 is 0 Å². The number of carbonyl (C=O) groups excluding carboxylic acids is 2. The van der Waals surface area contributed by atoms with Crippen molar-refractivity contribution in [3.05, 3.63) is 60.5 Å². The van der Waals surface area contributed by atoms with Crippen LogP contribution in [0.25, 0.3) is 11.4 Å². The Labute approximate surface area is 204 Å². The first-order chi connectivity index (χ1) is 17.2. The minimum Gasteiger partial charge on any atom is -0.368 e. The maximum atomic E-state index is 13.1. The summed E-state index contributed by atoms with van der Waals surface area (Å²) in [6.45, 7) is 3.31. The quantitative estimate of drug-likeness (QED) is 0.564. The number of piperazine rings is 1. The molecule has 0 spiro atoms. The summed E-state index contributed by atoms with van der Waals surface area (Å²) in [5, 5.41) is 4.16. The molecule has 3 aliphatic rings. The van der Waals surface area contributed by atoms with Gasteiger partial charge in [0.15, 0.2) is 0 Å². The van der Waals surface area contributed by atoms with Crippen LogP contribution in [0.5, 0.6) is 0 Å². The number of nitrogens with zero attached hydrogens (tertiary/aromatic N) is 5. The summed E-state index contributed by atoms with van der Waals surface area (Å²) in [5.41, 5.74) is 2.93. The van der Waals surface area contributed by atoms with Crippen molar-refractivity contribution in [3.8, 4) is 11.4 Å². The second kappa shape index (κ2) is 9.17. The van der Waals surface area contributed by atoms with Gasteiger partial charge in [0.1, 0.15) is 0 Å². The molecule has 35 heavy (non-hydrogen) atoms. The van der Waals surface area contributed by atoms with Crippen LogP contribution in [0.4, 0.5) is 11.4 Å². The third kappa shape index (κ3) is 4.29. The van der Waals surface area contributed by atoms with Crippen molar-refractivity contribution < 1.29 is 14.1 Å². The van der Waals surface area contributed by atoms with Crippen LogP contribution in [-0.4, -0.2) is 59.6 Å². The Morgan fingerprint density at radius 2 is 1.66 bits per heavy atom. The lowest BCUT2D eigenvalue weighted by atomic mass is 9.85. The van der Waals surface area contributed by atoms with Crippen molar-refractivity contribution in [1.82, 2.24) is 15.0 Å². The van der Waals surface area contributed by atoms with E-state index in [1.165, 1.54) is 6.42 Å². The summed E-state index contributed by atoms with van der Waals surface area (Å²) >= 11 is 0. The van der Waals surface area contributed by atoms with Gasteiger partial charge in [-0.3, -0.25) is 9.59 Å². The third-order valence-electron chi connectivity index (χ3n) is 7.52. The van der Waals surface area contributed by atoms with Crippen molar-refractivity contribution in [2.45, 2.75) is 31.6 Å². The molecular formula is C27H29N5O3.